The van der Waals surface area contributed by atoms with E-state index in [2.05, 4.69) is 27.6 Å². The van der Waals surface area contributed by atoms with Gasteiger partial charge in [0.05, 0.1) is 24.5 Å². The number of nitrogens with one attached hydrogen (secondary N) is 2. The second kappa shape index (κ2) is 9.55. The summed E-state index contributed by atoms with van der Waals surface area (Å²) in [4.78, 5) is 17.9. The van der Waals surface area contributed by atoms with Gasteiger partial charge in [0.15, 0.2) is 0 Å². The molecule has 3 aromatic rings. The fourth-order valence-electron chi connectivity index (χ4n) is 3.76. The van der Waals surface area contributed by atoms with Crippen LogP contribution in [0.4, 0.5) is 11.6 Å². The molecule has 2 aromatic carbocycles. The van der Waals surface area contributed by atoms with E-state index in [1.165, 1.54) is 6.33 Å². The first-order chi connectivity index (χ1) is 15.6. The van der Waals surface area contributed by atoms with Crippen LogP contribution < -0.4 is 20.1 Å². The van der Waals surface area contributed by atoms with Gasteiger partial charge in [-0.25, -0.2) is 4.68 Å². The van der Waals surface area contributed by atoms with Crippen LogP contribution in [0, 0.1) is 0 Å². The molecule has 1 aromatic heterocycles. The Kier molecular flexibility index (Phi) is 6.39. The molecule has 0 saturated carbocycles. The lowest BCUT2D eigenvalue weighted by molar-refractivity contribution is -0.113. The summed E-state index contributed by atoms with van der Waals surface area (Å²) in [5.74, 6) is 1.66. The lowest BCUT2D eigenvalue weighted by Gasteiger charge is -2.30. The molecule has 0 bridgehead atoms. The third-order valence-corrected chi connectivity index (χ3v) is 5.15. The molecular formula is C24H27N5O3. The minimum atomic E-state index is -0.499. The molecule has 166 valence electrons. The van der Waals surface area contributed by atoms with Gasteiger partial charge in [-0.3, -0.25) is 4.79 Å². The molecule has 8 heteroatoms. The summed E-state index contributed by atoms with van der Waals surface area (Å²) >= 11 is 0. The Morgan fingerprint density at radius 2 is 1.84 bits per heavy atom. The van der Waals surface area contributed by atoms with Gasteiger partial charge in [0, 0.05) is 11.3 Å². The molecule has 0 aliphatic carbocycles. The Morgan fingerprint density at radius 3 is 2.62 bits per heavy atom. The van der Waals surface area contributed by atoms with E-state index >= 15 is 0 Å². The van der Waals surface area contributed by atoms with Crippen molar-refractivity contribution in [2.75, 3.05) is 23.8 Å². The van der Waals surface area contributed by atoms with Gasteiger partial charge in [0.1, 0.15) is 23.9 Å². The highest BCUT2D eigenvalue weighted by molar-refractivity contribution is 6.06. The predicted molar refractivity (Wildman–Crippen MR) is 123 cm³/mol. The van der Waals surface area contributed by atoms with Crippen LogP contribution in [-0.2, 0) is 4.79 Å². The van der Waals surface area contributed by atoms with Gasteiger partial charge in [-0.15, -0.1) is 0 Å². The number of anilines is 2. The normalized spacial score (nSPS) is 15.0. The van der Waals surface area contributed by atoms with E-state index in [4.69, 9.17) is 9.47 Å². The molecular weight excluding hydrogens is 406 g/mol. The smallest absolute Gasteiger partial charge is 0.255 e. The highest BCUT2D eigenvalue weighted by atomic mass is 16.5. The molecule has 0 radical (unpaired) electrons. The number of ether oxygens (including phenoxy) is 2. The Balaban J connectivity index is 1.76. The highest BCUT2D eigenvalue weighted by Gasteiger charge is 2.35. The van der Waals surface area contributed by atoms with Crippen molar-refractivity contribution in [2.45, 2.75) is 33.2 Å². The van der Waals surface area contributed by atoms with E-state index in [1.54, 1.807) is 4.68 Å². The molecule has 2 heterocycles. The molecule has 1 atom stereocenters. The number of hydrogen-bond acceptors (Lipinski definition) is 6. The number of nitrogens with zero attached hydrogens (tertiary/aromatic N) is 3. The van der Waals surface area contributed by atoms with Gasteiger partial charge in [-0.2, -0.15) is 10.1 Å². The lowest BCUT2D eigenvalue weighted by atomic mass is 9.94. The van der Waals surface area contributed by atoms with E-state index in [-0.39, 0.29) is 5.91 Å². The fraction of sp³-hybridized carbons (Fsp3) is 0.292. The minimum absolute atomic E-state index is 0.251. The van der Waals surface area contributed by atoms with Crippen LogP contribution in [0.5, 0.6) is 11.5 Å². The minimum Gasteiger partial charge on any atom is -0.493 e. The molecule has 1 amide bonds. The van der Waals surface area contributed by atoms with Crippen molar-refractivity contribution in [3.63, 3.8) is 0 Å². The molecule has 1 unspecified atom stereocenters. The van der Waals surface area contributed by atoms with Crippen molar-refractivity contribution in [1.82, 2.24) is 14.8 Å². The summed E-state index contributed by atoms with van der Waals surface area (Å²) in [5, 5.41) is 10.6. The summed E-state index contributed by atoms with van der Waals surface area (Å²) in [6, 6.07) is 14.6. The van der Waals surface area contributed by atoms with Gasteiger partial charge < -0.3 is 20.1 Å². The fourth-order valence-corrected chi connectivity index (χ4v) is 3.76. The number of rotatable bonds is 8. The number of benzene rings is 2. The third kappa shape index (κ3) is 4.16. The van der Waals surface area contributed by atoms with E-state index < -0.39 is 6.04 Å². The number of amides is 1. The van der Waals surface area contributed by atoms with Gasteiger partial charge in [-0.1, -0.05) is 37.3 Å². The van der Waals surface area contributed by atoms with Crippen molar-refractivity contribution in [1.29, 1.82) is 0 Å². The Hall–Kier alpha value is -3.81. The van der Waals surface area contributed by atoms with Crippen LogP contribution in [0.15, 0.2) is 66.1 Å². The number of fused-ring (bicyclic) bond motifs is 1. The number of aromatic nitrogens is 3. The first-order valence-corrected chi connectivity index (χ1v) is 10.8. The van der Waals surface area contributed by atoms with E-state index in [9.17, 15) is 4.79 Å². The van der Waals surface area contributed by atoms with Crippen molar-refractivity contribution < 1.29 is 14.3 Å². The van der Waals surface area contributed by atoms with Crippen molar-refractivity contribution in [2.24, 2.45) is 0 Å². The van der Waals surface area contributed by atoms with Crippen LogP contribution >= 0.6 is 0 Å². The second-order valence-corrected chi connectivity index (χ2v) is 7.36. The predicted octanol–water partition coefficient (Wildman–Crippen LogP) is 4.39. The standard InChI is InChI=1S/C24H27N5O3/c1-4-14-32-19-12-8-6-10-17(19)22-21(16(3)27-24-25-15-26-29(22)24)23(30)28-18-11-7-9-13-20(18)31-5-2/h6-13,15,22H,4-5,14H2,1-3H3,(H,28,30)(H,25,26,27). The molecule has 1 aliphatic heterocycles. The third-order valence-electron chi connectivity index (χ3n) is 5.15. The zero-order valence-electron chi connectivity index (χ0n) is 18.5. The SMILES string of the molecule is CCCOc1ccccc1C1C(C(=O)Nc2ccccc2OCC)=C(C)Nc2ncnn21. The van der Waals surface area contributed by atoms with Crippen molar-refractivity contribution in [3.05, 3.63) is 71.7 Å². The molecule has 0 saturated heterocycles. The summed E-state index contributed by atoms with van der Waals surface area (Å²) < 4.78 is 13.4. The topological polar surface area (TPSA) is 90.3 Å². The summed E-state index contributed by atoms with van der Waals surface area (Å²) in [6.07, 6.45) is 2.36. The van der Waals surface area contributed by atoms with Crippen molar-refractivity contribution >= 4 is 17.5 Å². The number of carbonyl (C=O) groups is 1. The maximum absolute atomic E-state index is 13.6. The summed E-state index contributed by atoms with van der Waals surface area (Å²) in [5.41, 5.74) is 2.68. The molecule has 0 spiro atoms. The molecule has 32 heavy (non-hydrogen) atoms. The highest BCUT2D eigenvalue weighted by Crippen LogP contribution is 2.39. The lowest BCUT2D eigenvalue weighted by Crippen LogP contribution is -2.32. The summed E-state index contributed by atoms with van der Waals surface area (Å²) in [7, 11) is 0. The van der Waals surface area contributed by atoms with E-state index in [0.717, 1.165) is 17.7 Å². The number of hydrogen-bond donors (Lipinski definition) is 2. The zero-order chi connectivity index (χ0) is 22.5. The quantitative estimate of drug-likeness (QED) is 0.547. The van der Waals surface area contributed by atoms with Gasteiger partial charge >= 0.3 is 0 Å². The largest absolute Gasteiger partial charge is 0.493 e. The van der Waals surface area contributed by atoms with Crippen LogP contribution in [-0.4, -0.2) is 33.9 Å². The van der Waals surface area contributed by atoms with Crippen molar-refractivity contribution in [3.8, 4) is 11.5 Å². The Morgan fingerprint density at radius 1 is 1.09 bits per heavy atom. The van der Waals surface area contributed by atoms with Gasteiger partial charge in [0.25, 0.3) is 5.91 Å². The first kappa shape index (κ1) is 21.4. The zero-order valence-corrected chi connectivity index (χ0v) is 18.5. The average Bonchev–Trinajstić information content (AvgIpc) is 3.26. The average molecular weight is 434 g/mol. The van der Waals surface area contributed by atoms with Gasteiger partial charge in [0.2, 0.25) is 5.95 Å². The van der Waals surface area contributed by atoms with E-state index in [0.29, 0.717) is 41.9 Å². The maximum Gasteiger partial charge on any atom is 0.255 e. The summed E-state index contributed by atoms with van der Waals surface area (Å²) in [6.45, 7) is 6.92. The maximum atomic E-state index is 13.6. The Bertz CT molecular complexity index is 1140. The molecule has 2 N–H and O–H groups in total. The van der Waals surface area contributed by atoms with Gasteiger partial charge in [-0.05, 0) is 38.5 Å². The Labute approximate surface area is 187 Å². The number of carbonyl (C=O) groups excluding carboxylic acids is 1. The molecule has 1 aliphatic rings. The van der Waals surface area contributed by atoms with Crippen LogP contribution in [0.2, 0.25) is 0 Å². The molecule has 0 fully saturated rings. The monoisotopic (exact) mass is 433 g/mol. The first-order valence-electron chi connectivity index (χ1n) is 10.8. The second-order valence-electron chi connectivity index (χ2n) is 7.36. The van der Waals surface area contributed by atoms with E-state index in [1.807, 2.05) is 62.4 Å². The van der Waals surface area contributed by atoms with Crippen LogP contribution in [0.3, 0.4) is 0 Å². The molecule has 4 rings (SSSR count). The number of para-hydroxylation sites is 3. The van der Waals surface area contributed by atoms with Crippen LogP contribution in [0.25, 0.3) is 0 Å². The molecule has 8 nitrogen and oxygen atoms in total. The number of allylic oxidation sites excluding steroid dienone is 1. The van der Waals surface area contributed by atoms with Crippen LogP contribution in [0.1, 0.15) is 38.8 Å².